The van der Waals surface area contributed by atoms with Crippen molar-refractivity contribution in [1.29, 1.82) is 0 Å². The van der Waals surface area contributed by atoms with E-state index in [2.05, 4.69) is 37.2 Å². The normalized spacial score (nSPS) is 19.5. The van der Waals surface area contributed by atoms with E-state index in [0.717, 1.165) is 6.42 Å². The Labute approximate surface area is 117 Å². The molecule has 0 aromatic heterocycles. The first-order valence-electron chi connectivity index (χ1n) is 5.21. The zero-order chi connectivity index (χ0) is 13.0. The molecular formula is C11H13Br2NO3. The minimum atomic E-state index is -0.422. The highest BCUT2D eigenvalue weighted by Gasteiger charge is 2.33. The lowest BCUT2D eigenvalue weighted by Gasteiger charge is -2.16. The maximum Gasteiger partial charge on any atom is 0.342 e. The SMILES string of the molecule is CCCC(NC(C)=O)C1=C(Br)C(=CBr)OC1=O. The summed E-state index contributed by atoms with van der Waals surface area (Å²) in [5.41, 5.74) is 0.466. The Hall–Kier alpha value is -0.620. The van der Waals surface area contributed by atoms with E-state index in [0.29, 0.717) is 22.2 Å². The molecule has 0 spiro atoms. The van der Waals surface area contributed by atoms with E-state index in [1.165, 1.54) is 11.9 Å². The molecule has 1 N–H and O–H groups in total. The van der Waals surface area contributed by atoms with Crippen molar-refractivity contribution in [3.8, 4) is 0 Å². The van der Waals surface area contributed by atoms with Crippen molar-refractivity contribution >= 4 is 43.7 Å². The van der Waals surface area contributed by atoms with Crippen LogP contribution >= 0.6 is 31.9 Å². The standard InChI is InChI=1S/C11H13Br2NO3/c1-3-4-7(14-6(2)15)9-10(13)8(5-12)17-11(9)16/h5,7H,3-4H2,1-2H3,(H,14,15). The van der Waals surface area contributed by atoms with Crippen LogP contribution in [0.15, 0.2) is 20.8 Å². The van der Waals surface area contributed by atoms with Gasteiger partial charge in [0.1, 0.15) is 0 Å². The number of ether oxygens (including phenoxy) is 1. The number of hydrogen-bond acceptors (Lipinski definition) is 3. The number of carbonyl (C=O) groups is 2. The fourth-order valence-electron chi connectivity index (χ4n) is 1.61. The second-order valence-electron chi connectivity index (χ2n) is 3.63. The van der Waals surface area contributed by atoms with Crippen LogP contribution in [0, 0.1) is 0 Å². The van der Waals surface area contributed by atoms with Crippen molar-refractivity contribution < 1.29 is 14.3 Å². The second kappa shape index (κ2) is 6.35. The van der Waals surface area contributed by atoms with Crippen LogP contribution in [0.5, 0.6) is 0 Å². The van der Waals surface area contributed by atoms with E-state index >= 15 is 0 Å². The van der Waals surface area contributed by atoms with Crippen LogP contribution in [-0.4, -0.2) is 17.9 Å². The summed E-state index contributed by atoms with van der Waals surface area (Å²) >= 11 is 6.44. The van der Waals surface area contributed by atoms with Gasteiger partial charge in [-0.15, -0.1) is 0 Å². The molecule has 0 saturated carbocycles. The molecule has 6 heteroatoms. The predicted molar refractivity (Wildman–Crippen MR) is 71.6 cm³/mol. The lowest BCUT2D eigenvalue weighted by Crippen LogP contribution is -2.36. The number of carbonyl (C=O) groups excluding carboxylic acids is 2. The van der Waals surface area contributed by atoms with Crippen LogP contribution in [0.4, 0.5) is 0 Å². The second-order valence-corrected chi connectivity index (χ2v) is 4.88. The highest BCUT2D eigenvalue weighted by atomic mass is 79.9. The third-order valence-electron chi connectivity index (χ3n) is 2.28. The maximum absolute atomic E-state index is 11.7. The van der Waals surface area contributed by atoms with Gasteiger partial charge in [-0.05, 0) is 22.4 Å². The van der Waals surface area contributed by atoms with Gasteiger partial charge >= 0.3 is 5.97 Å². The van der Waals surface area contributed by atoms with Crippen LogP contribution in [-0.2, 0) is 14.3 Å². The van der Waals surface area contributed by atoms with E-state index in [1.807, 2.05) is 6.92 Å². The highest BCUT2D eigenvalue weighted by Crippen LogP contribution is 2.34. The Morgan fingerprint density at radius 3 is 2.65 bits per heavy atom. The van der Waals surface area contributed by atoms with Gasteiger partial charge in [0.2, 0.25) is 5.91 Å². The third kappa shape index (κ3) is 3.42. The van der Waals surface area contributed by atoms with E-state index in [1.54, 1.807) is 0 Å². The Morgan fingerprint density at radius 1 is 1.59 bits per heavy atom. The molecule has 4 nitrogen and oxygen atoms in total. The average Bonchev–Trinajstić information content (AvgIpc) is 2.52. The Balaban J connectivity index is 3.04. The molecular weight excluding hydrogens is 354 g/mol. The summed E-state index contributed by atoms with van der Waals surface area (Å²) in [4.78, 5) is 24.4. The largest absolute Gasteiger partial charge is 0.421 e. The molecule has 94 valence electrons. The van der Waals surface area contributed by atoms with Gasteiger partial charge in [0, 0.05) is 11.9 Å². The number of amides is 1. The zero-order valence-corrected chi connectivity index (χ0v) is 12.7. The van der Waals surface area contributed by atoms with Gasteiger partial charge in [0.15, 0.2) is 5.76 Å². The third-order valence-corrected chi connectivity index (χ3v) is 3.51. The predicted octanol–water partition coefficient (Wildman–Crippen LogP) is 2.73. The first-order chi connectivity index (χ1) is 8.01. The van der Waals surface area contributed by atoms with Gasteiger partial charge in [-0.3, -0.25) is 4.79 Å². The van der Waals surface area contributed by atoms with Gasteiger partial charge in [0.05, 0.1) is 16.1 Å². The molecule has 1 atom stereocenters. The molecule has 1 aliphatic heterocycles. The summed E-state index contributed by atoms with van der Waals surface area (Å²) in [6, 6.07) is -0.315. The van der Waals surface area contributed by atoms with Crippen molar-refractivity contribution in [1.82, 2.24) is 5.32 Å². The smallest absolute Gasteiger partial charge is 0.342 e. The zero-order valence-electron chi connectivity index (χ0n) is 9.55. The van der Waals surface area contributed by atoms with Gasteiger partial charge in [-0.2, -0.15) is 0 Å². The van der Waals surface area contributed by atoms with E-state index in [-0.39, 0.29) is 11.9 Å². The van der Waals surface area contributed by atoms with Crippen LogP contribution in [0.1, 0.15) is 26.7 Å². The first kappa shape index (κ1) is 14.4. The number of cyclic esters (lactones) is 1. The molecule has 0 aromatic rings. The number of hydrogen-bond donors (Lipinski definition) is 1. The molecule has 0 aliphatic carbocycles. The van der Waals surface area contributed by atoms with Crippen LogP contribution in [0.25, 0.3) is 0 Å². The average molecular weight is 367 g/mol. The molecule has 1 unspecified atom stereocenters. The number of nitrogens with one attached hydrogen (secondary N) is 1. The molecule has 0 saturated heterocycles. The van der Waals surface area contributed by atoms with Gasteiger partial charge in [-0.25, -0.2) is 4.79 Å². The van der Waals surface area contributed by atoms with Crippen LogP contribution in [0.3, 0.4) is 0 Å². The number of allylic oxidation sites excluding steroid dienone is 1. The first-order valence-corrected chi connectivity index (χ1v) is 6.91. The van der Waals surface area contributed by atoms with Crippen LogP contribution < -0.4 is 5.32 Å². The molecule has 1 rings (SSSR count). The van der Waals surface area contributed by atoms with E-state index in [9.17, 15) is 9.59 Å². The minimum absolute atomic E-state index is 0.166. The van der Waals surface area contributed by atoms with Crippen molar-refractivity contribution in [3.05, 3.63) is 20.8 Å². The highest BCUT2D eigenvalue weighted by molar-refractivity contribution is 9.12. The van der Waals surface area contributed by atoms with Crippen molar-refractivity contribution in [3.63, 3.8) is 0 Å². The number of esters is 1. The molecule has 1 amide bonds. The molecule has 1 heterocycles. The van der Waals surface area contributed by atoms with Crippen molar-refractivity contribution in [2.45, 2.75) is 32.7 Å². The number of rotatable bonds is 4. The quantitative estimate of drug-likeness (QED) is 0.778. The summed E-state index contributed by atoms with van der Waals surface area (Å²) in [5.74, 6) is -0.161. The van der Waals surface area contributed by atoms with E-state index < -0.39 is 5.97 Å². The van der Waals surface area contributed by atoms with Crippen molar-refractivity contribution in [2.75, 3.05) is 0 Å². The van der Waals surface area contributed by atoms with Crippen molar-refractivity contribution in [2.24, 2.45) is 0 Å². The summed E-state index contributed by atoms with van der Waals surface area (Å²) in [6.07, 6.45) is 1.55. The Kier molecular flexibility index (Phi) is 5.39. The van der Waals surface area contributed by atoms with Gasteiger partial charge in [0.25, 0.3) is 0 Å². The summed E-state index contributed by atoms with van der Waals surface area (Å²) in [7, 11) is 0. The molecule has 0 bridgehead atoms. The maximum atomic E-state index is 11.7. The molecule has 0 aromatic carbocycles. The summed E-state index contributed by atoms with van der Waals surface area (Å²) in [5, 5.41) is 2.76. The monoisotopic (exact) mass is 365 g/mol. The van der Waals surface area contributed by atoms with Gasteiger partial charge in [-0.1, -0.05) is 29.3 Å². The minimum Gasteiger partial charge on any atom is -0.421 e. The van der Waals surface area contributed by atoms with E-state index in [4.69, 9.17) is 4.74 Å². The Morgan fingerprint density at radius 2 is 2.24 bits per heavy atom. The fourth-order valence-corrected chi connectivity index (χ4v) is 2.87. The molecule has 1 aliphatic rings. The molecule has 17 heavy (non-hydrogen) atoms. The topological polar surface area (TPSA) is 55.4 Å². The lowest BCUT2D eigenvalue weighted by atomic mass is 10.0. The van der Waals surface area contributed by atoms with Crippen LogP contribution in [0.2, 0.25) is 0 Å². The molecule has 0 radical (unpaired) electrons. The molecule has 0 fully saturated rings. The summed E-state index contributed by atoms with van der Waals surface area (Å²) in [6.45, 7) is 3.42. The Bertz CT molecular complexity index is 402. The summed E-state index contributed by atoms with van der Waals surface area (Å²) < 4.78 is 5.64. The fraction of sp³-hybridized carbons (Fsp3) is 0.455. The number of halogens is 2. The lowest BCUT2D eigenvalue weighted by molar-refractivity contribution is -0.133. The van der Waals surface area contributed by atoms with Gasteiger partial charge < -0.3 is 10.1 Å².